The number of pyridine rings is 1. The minimum atomic E-state index is -4.38. The fourth-order valence-corrected chi connectivity index (χ4v) is 4.19. The van der Waals surface area contributed by atoms with Crippen LogP contribution in [0.25, 0.3) is 0 Å². The third kappa shape index (κ3) is 3.02. The summed E-state index contributed by atoms with van der Waals surface area (Å²) in [6.07, 6.45) is 1.99. The van der Waals surface area contributed by atoms with Crippen molar-refractivity contribution >= 4 is 11.7 Å². The van der Waals surface area contributed by atoms with Crippen molar-refractivity contribution in [1.82, 2.24) is 9.88 Å². The number of anilines is 1. The Morgan fingerprint density at radius 1 is 1.15 bits per heavy atom. The minimum absolute atomic E-state index is 0.110. The number of halogens is 3. The predicted octanol–water partition coefficient (Wildman–Crippen LogP) is 4.65. The van der Waals surface area contributed by atoms with Crippen LogP contribution in [0.5, 0.6) is 0 Å². The number of benzene rings is 1. The van der Waals surface area contributed by atoms with Crippen LogP contribution in [0.3, 0.4) is 0 Å². The number of aromatic nitrogens is 1. The Kier molecular flexibility index (Phi) is 4.09. The second kappa shape index (κ2) is 6.30. The molecule has 1 aromatic heterocycles. The van der Waals surface area contributed by atoms with Gasteiger partial charge in [0.25, 0.3) is 0 Å². The van der Waals surface area contributed by atoms with Gasteiger partial charge in [0.15, 0.2) is 0 Å². The van der Waals surface area contributed by atoms with Gasteiger partial charge in [-0.1, -0.05) is 6.07 Å². The van der Waals surface area contributed by atoms with Crippen molar-refractivity contribution in [3.63, 3.8) is 0 Å². The predicted molar refractivity (Wildman–Crippen MR) is 90.7 cm³/mol. The van der Waals surface area contributed by atoms with Gasteiger partial charge in [0.2, 0.25) is 0 Å². The van der Waals surface area contributed by atoms with Crippen LogP contribution in [0.2, 0.25) is 0 Å². The zero-order valence-electron chi connectivity index (χ0n) is 13.9. The van der Waals surface area contributed by atoms with E-state index >= 15 is 0 Å². The molecule has 2 saturated heterocycles. The van der Waals surface area contributed by atoms with Crippen LogP contribution in [-0.4, -0.2) is 28.0 Å². The second-order valence-corrected chi connectivity index (χ2v) is 6.84. The molecule has 2 bridgehead atoms. The van der Waals surface area contributed by atoms with E-state index < -0.39 is 11.7 Å². The first-order valence-electron chi connectivity index (χ1n) is 8.60. The summed E-state index contributed by atoms with van der Waals surface area (Å²) in [6, 6.07) is 8.49. The van der Waals surface area contributed by atoms with E-state index in [1.54, 1.807) is 6.20 Å². The Bertz CT molecular complexity index is 792. The summed E-state index contributed by atoms with van der Waals surface area (Å²) in [5, 5.41) is 2.74. The lowest BCUT2D eigenvalue weighted by molar-refractivity contribution is -0.137. The number of amides is 2. The van der Waals surface area contributed by atoms with Gasteiger partial charge in [-0.05, 0) is 55.2 Å². The number of carbonyl (C=O) groups is 1. The standard InChI is InChI=1S/C19H18F3N3O/c20-19(21,22)13-3-5-14(6-4-13)24-18(26)25-15-7-8-17(25)16(10-15)12-2-1-9-23-11-12/h1-6,9,11,15-17H,7-8,10H2,(H,24,26). The molecule has 7 heteroatoms. The average Bonchev–Trinajstić information content (AvgIpc) is 3.20. The van der Waals surface area contributed by atoms with Crippen LogP contribution in [0.15, 0.2) is 48.8 Å². The molecule has 0 spiro atoms. The molecule has 26 heavy (non-hydrogen) atoms. The summed E-state index contributed by atoms with van der Waals surface area (Å²) in [7, 11) is 0. The molecule has 136 valence electrons. The Morgan fingerprint density at radius 3 is 2.58 bits per heavy atom. The SMILES string of the molecule is O=C(Nc1ccc(C(F)(F)F)cc1)N1C2CCC1C(c1cccnc1)C2. The molecule has 4 rings (SSSR count). The van der Waals surface area contributed by atoms with E-state index in [1.807, 2.05) is 23.2 Å². The van der Waals surface area contributed by atoms with E-state index in [-0.39, 0.29) is 24.0 Å². The molecule has 0 aliphatic carbocycles. The maximum atomic E-state index is 12.7. The van der Waals surface area contributed by atoms with Gasteiger partial charge < -0.3 is 10.2 Å². The van der Waals surface area contributed by atoms with Crippen molar-refractivity contribution < 1.29 is 18.0 Å². The lowest BCUT2D eigenvalue weighted by Gasteiger charge is -2.25. The van der Waals surface area contributed by atoms with E-state index in [1.165, 1.54) is 12.1 Å². The summed E-state index contributed by atoms with van der Waals surface area (Å²) >= 11 is 0. The molecular weight excluding hydrogens is 343 g/mol. The number of rotatable bonds is 2. The number of hydrogen-bond donors (Lipinski definition) is 1. The Balaban J connectivity index is 1.47. The fraction of sp³-hybridized carbons (Fsp3) is 0.368. The van der Waals surface area contributed by atoms with Crippen molar-refractivity contribution in [3.05, 3.63) is 59.9 Å². The van der Waals surface area contributed by atoms with E-state index in [4.69, 9.17) is 0 Å². The van der Waals surface area contributed by atoms with Crippen LogP contribution in [0.1, 0.15) is 36.3 Å². The summed E-state index contributed by atoms with van der Waals surface area (Å²) in [4.78, 5) is 18.7. The monoisotopic (exact) mass is 361 g/mol. The number of fused-ring (bicyclic) bond motifs is 2. The van der Waals surface area contributed by atoms with Crippen LogP contribution in [0, 0.1) is 0 Å². The third-order valence-electron chi connectivity index (χ3n) is 5.35. The van der Waals surface area contributed by atoms with Crippen LogP contribution < -0.4 is 5.32 Å². The first-order chi connectivity index (χ1) is 12.4. The number of carbonyl (C=O) groups excluding carboxylic acids is 1. The van der Waals surface area contributed by atoms with Gasteiger partial charge >= 0.3 is 12.2 Å². The number of hydrogen-bond acceptors (Lipinski definition) is 2. The van der Waals surface area contributed by atoms with Gasteiger partial charge in [-0.25, -0.2) is 4.79 Å². The molecule has 2 fully saturated rings. The van der Waals surface area contributed by atoms with Crippen LogP contribution in [-0.2, 0) is 6.18 Å². The molecule has 1 N–H and O–H groups in total. The normalized spacial score (nSPS) is 24.7. The molecule has 3 atom stereocenters. The fourth-order valence-electron chi connectivity index (χ4n) is 4.19. The molecule has 1 aromatic carbocycles. The highest BCUT2D eigenvalue weighted by molar-refractivity contribution is 5.90. The third-order valence-corrected chi connectivity index (χ3v) is 5.35. The highest BCUT2D eigenvalue weighted by atomic mass is 19.4. The first-order valence-corrected chi connectivity index (χ1v) is 8.60. The van der Waals surface area contributed by atoms with Crippen molar-refractivity contribution in [1.29, 1.82) is 0 Å². The van der Waals surface area contributed by atoms with Crippen molar-refractivity contribution in [3.8, 4) is 0 Å². The van der Waals surface area contributed by atoms with E-state index in [0.717, 1.165) is 37.0 Å². The molecule has 2 aliphatic heterocycles. The summed E-state index contributed by atoms with van der Waals surface area (Å²) in [6.45, 7) is 0. The van der Waals surface area contributed by atoms with E-state index in [0.29, 0.717) is 5.69 Å². The zero-order chi connectivity index (χ0) is 18.3. The summed E-state index contributed by atoms with van der Waals surface area (Å²) in [5.74, 6) is 0.265. The quantitative estimate of drug-likeness (QED) is 0.846. The first kappa shape index (κ1) is 16.9. The number of alkyl halides is 3. The maximum Gasteiger partial charge on any atom is 0.416 e. The Morgan fingerprint density at radius 2 is 1.92 bits per heavy atom. The van der Waals surface area contributed by atoms with Gasteiger partial charge in [0.05, 0.1) is 5.56 Å². The molecule has 2 amide bonds. The van der Waals surface area contributed by atoms with Crippen molar-refractivity contribution in [2.24, 2.45) is 0 Å². The maximum absolute atomic E-state index is 12.7. The highest BCUT2D eigenvalue weighted by Crippen LogP contribution is 2.46. The number of nitrogens with zero attached hydrogens (tertiary/aromatic N) is 2. The molecule has 0 radical (unpaired) electrons. The average molecular weight is 361 g/mol. The summed E-state index contributed by atoms with van der Waals surface area (Å²) in [5.41, 5.74) is 0.771. The number of nitrogens with one attached hydrogen (secondary N) is 1. The molecule has 3 unspecified atom stereocenters. The Labute approximate surface area is 149 Å². The largest absolute Gasteiger partial charge is 0.416 e. The van der Waals surface area contributed by atoms with Gasteiger partial charge in [0, 0.05) is 36.1 Å². The van der Waals surface area contributed by atoms with Gasteiger partial charge in [-0.2, -0.15) is 13.2 Å². The Hall–Kier alpha value is -2.57. The van der Waals surface area contributed by atoms with Gasteiger partial charge in [-0.15, -0.1) is 0 Å². The zero-order valence-corrected chi connectivity index (χ0v) is 13.9. The molecule has 2 aromatic rings. The van der Waals surface area contributed by atoms with Gasteiger partial charge in [-0.3, -0.25) is 4.98 Å². The van der Waals surface area contributed by atoms with Crippen molar-refractivity contribution in [2.75, 3.05) is 5.32 Å². The van der Waals surface area contributed by atoms with Crippen LogP contribution in [0.4, 0.5) is 23.7 Å². The molecule has 3 heterocycles. The lowest BCUT2D eigenvalue weighted by Crippen LogP contribution is -2.39. The van der Waals surface area contributed by atoms with E-state index in [9.17, 15) is 18.0 Å². The smallest absolute Gasteiger partial charge is 0.318 e. The second-order valence-electron chi connectivity index (χ2n) is 6.84. The lowest BCUT2D eigenvalue weighted by atomic mass is 9.85. The molecular formula is C19H18F3N3O. The van der Waals surface area contributed by atoms with Crippen molar-refractivity contribution in [2.45, 2.75) is 43.4 Å². The molecule has 4 nitrogen and oxygen atoms in total. The van der Waals surface area contributed by atoms with E-state index in [2.05, 4.69) is 10.3 Å². The van der Waals surface area contributed by atoms with Crippen LogP contribution >= 0.6 is 0 Å². The summed E-state index contributed by atoms with van der Waals surface area (Å²) < 4.78 is 37.9. The molecule has 2 aliphatic rings. The highest BCUT2D eigenvalue weighted by Gasteiger charge is 2.49. The molecule has 0 saturated carbocycles. The van der Waals surface area contributed by atoms with Gasteiger partial charge in [0.1, 0.15) is 0 Å². The topological polar surface area (TPSA) is 45.2 Å². The number of urea groups is 1. The minimum Gasteiger partial charge on any atom is -0.318 e.